The van der Waals surface area contributed by atoms with Crippen molar-refractivity contribution in [2.24, 2.45) is 0 Å². The fourth-order valence-corrected chi connectivity index (χ4v) is 3.24. The van der Waals surface area contributed by atoms with Crippen molar-refractivity contribution >= 4 is 11.3 Å². The van der Waals surface area contributed by atoms with E-state index in [0.29, 0.717) is 12.1 Å². The number of rotatable bonds is 9. The zero-order chi connectivity index (χ0) is 15.9. The fraction of sp³-hybridized carbons (Fsp3) is 0.824. The summed E-state index contributed by atoms with van der Waals surface area (Å²) in [6.07, 6.45) is 4.75. The van der Waals surface area contributed by atoms with Gasteiger partial charge in [-0.3, -0.25) is 0 Å². The average Bonchev–Trinajstić information content (AvgIpc) is 2.89. The van der Waals surface area contributed by atoms with Crippen molar-refractivity contribution in [3.63, 3.8) is 0 Å². The molecule has 1 aromatic rings. The molecule has 0 aliphatic carbocycles. The highest BCUT2D eigenvalue weighted by molar-refractivity contribution is 7.09. The third kappa shape index (κ3) is 6.90. The predicted molar refractivity (Wildman–Crippen MR) is 92.3 cm³/mol. The number of ether oxygens (including phenoxy) is 1. The highest BCUT2D eigenvalue weighted by Crippen LogP contribution is 2.25. The van der Waals surface area contributed by atoms with Gasteiger partial charge in [0, 0.05) is 30.4 Å². The smallest absolute Gasteiger partial charge is 0.0944 e. The Morgan fingerprint density at radius 1 is 1.33 bits per heavy atom. The van der Waals surface area contributed by atoms with Gasteiger partial charge in [-0.15, -0.1) is 11.3 Å². The Bertz CT molecular complexity index is 398. The summed E-state index contributed by atoms with van der Waals surface area (Å²) in [6.45, 7) is 12.1. The number of nitrogens with one attached hydrogen (secondary N) is 1. The number of aromatic nitrogens is 1. The van der Waals surface area contributed by atoms with Gasteiger partial charge in [-0.25, -0.2) is 4.98 Å². The molecule has 0 spiro atoms. The first-order valence-electron chi connectivity index (χ1n) is 8.07. The van der Waals surface area contributed by atoms with E-state index in [-0.39, 0.29) is 5.41 Å². The Labute approximate surface area is 134 Å². The summed E-state index contributed by atoms with van der Waals surface area (Å²) in [5.74, 6) is 0. The Morgan fingerprint density at radius 2 is 2.05 bits per heavy atom. The second kappa shape index (κ2) is 8.86. The molecule has 0 bridgehead atoms. The fourth-order valence-electron chi connectivity index (χ4n) is 2.14. The van der Waals surface area contributed by atoms with E-state index in [1.54, 1.807) is 18.4 Å². The molecule has 2 unspecified atom stereocenters. The van der Waals surface area contributed by atoms with Gasteiger partial charge in [0.1, 0.15) is 0 Å². The summed E-state index contributed by atoms with van der Waals surface area (Å²) in [4.78, 5) is 4.82. The van der Waals surface area contributed by atoms with Crippen LogP contribution in [0.5, 0.6) is 0 Å². The SMILES string of the molecule is CCCNC(CCC(C)OC)Cc1nc(C(C)(C)C)cs1. The Morgan fingerprint density at radius 3 is 2.57 bits per heavy atom. The van der Waals surface area contributed by atoms with Crippen LogP contribution in [-0.2, 0) is 16.6 Å². The number of hydrogen-bond donors (Lipinski definition) is 1. The molecule has 1 N–H and O–H groups in total. The van der Waals surface area contributed by atoms with Crippen LogP contribution >= 0.6 is 11.3 Å². The highest BCUT2D eigenvalue weighted by Gasteiger charge is 2.19. The molecule has 3 nitrogen and oxygen atoms in total. The second-order valence-electron chi connectivity index (χ2n) is 6.86. The maximum atomic E-state index is 5.36. The Kier molecular flexibility index (Phi) is 7.85. The molecule has 122 valence electrons. The monoisotopic (exact) mass is 312 g/mol. The van der Waals surface area contributed by atoms with Gasteiger partial charge in [0.15, 0.2) is 0 Å². The highest BCUT2D eigenvalue weighted by atomic mass is 32.1. The zero-order valence-corrected chi connectivity index (χ0v) is 15.3. The molecule has 0 amide bonds. The number of thiazole rings is 1. The first kappa shape index (κ1) is 18.6. The van der Waals surface area contributed by atoms with Crippen LogP contribution in [0.3, 0.4) is 0 Å². The van der Waals surface area contributed by atoms with E-state index in [0.717, 1.165) is 25.8 Å². The first-order valence-corrected chi connectivity index (χ1v) is 8.95. The third-order valence-electron chi connectivity index (χ3n) is 3.75. The van der Waals surface area contributed by atoms with Crippen LogP contribution in [0.2, 0.25) is 0 Å². The lowest BCUT2D eigenvalue weighted by Crippen LogP contribution is -2.32. The summed E-state index contributed by atoms with van der Waals surface area (Å²) < 4.78 is 5.36. The van der Waals surface area contributed by atoms with Crippen LogP contribution < -0.4 is 5.32 Å². The maximum absolute atomic E-state index is 5.36. The summed E-state index contributed by atoms with van der Waals surface area (Å²) in [6, 6.07) is 0.501. The van der Waals surface area contributed by atoms with E-state index in [4.69, 9.17) is 9.72 Å². The molecule has 0 saturated heterocycles. The van der Waals surface area contributed by atoms with E-state index >= 15 is 0 Å². The van der Waals surface area contributed by atoms with Gasteiger partial charge in [0.05, 0.1) is 16.8 Å². The lowest BCUT2D eigenvalue weighted by atomic mass is 9.93. The first-order chi connectivity index (χ1) is 9.86. The maximum Gasteiger partial charge on any atom is 0.0944 e. The minimum Gasteiger partial charge on any atom is -0.382 e. The Balaban J connectivity index is 2.60. The van der Waals surface area contributed by atoms with Crippen molar-refractivity contribution in [2.75, 3.05) is 13.7 Å². The molecule has 0 radical (unpaired) electrons. The van der Waals surface area contributed by atoms with Crippen molar-refractivity contribution in [1.82, 2.24) is 10.3 Å². The molecule has 0 aliphatic heterocycles. The van der Waals surface area contributed by atoms with E-state index < -0.39 is 0 Å². The molecule has 0 saturated carbocycles. The Hall–Kier alpha value is -0.450. The van der Waals surface area contributed by atoms with E-state index in [1.165, 1.54) is 17.1 Å². The third-order valence-corrected chi connectivity index (χ3v) is 4.62. The molecule has 1 rings (SSSR count). The van der Waals surface area contributed by atoms with Gasteiger partial charge in [0.2, 0.25) is 0 Å². The molecule has 0 aliphatic rings. The average molecular weight is 313 g/mol. The van der Waals surface area contributed by atoms with Gasteiger partial charge in [-0.1, -0.05) is 27.7 Å². The largest absolute Gasteiger partial charge is 0.382 e. The van der Waals surface area contributed by atoms with E-state index in [9.17, 15) is 0 Å². The molecule has 1 aromatic heterocycles. The normalized spacial score (nSPS) is 15.1. The number of methoxy groups -OCH3 is 1. The lowest BCUT2D eigenvalue weighted by Gasteiger charge is -2.19. The molecule has 4 heteroatoms. The molecule has 1 heterocycles. The molecule has 21 heavy (non-hydrogen) atoms. The molecule has 0 aromatic carbocycles. The van der Waals surface area contributed by atoms with Gasteiger partial charge >= 0.3 is 0 Å². The second-order valence-corrected chi connectivity index (χ2v) is 7.80. The molecular formula is C17H32N2OS. The van der Waals surface area contributed by atoms with Crippen LogP contribution in [-0.4, -0.2) is 30.8 Å². The van der Waals surface area contributed by atoms with Crippen molar-refractivity contribution in [2.45, 2.75) is 77.9 Å². The standard InChI is InChI=1S/C17H32N2OS/c1-7-10-18-14(9-8-13(2)20-6)11-16-19-15(12-21-16)17(3,4)5/h12-14,18H,7-11H2,1-6H3. The molecular weight excluding hydrogens is 280 g/mol. The van der Waals surface area contributed by atoms with Gasteiger partial charge in [0.25, 0.3) is 0 Å². The van der Waals surface area contributed by atoms with Crippen molar-refractivity contribution in [3.8, 4) is 0 Å². The van der Waals surface area contributed by atoms with Crippen molar-refractivity contribution in [1.29, 1.82) is 0 Å². The lowest BCUT2D eigenvalue weighted by molar-refractivity contribution is 0.106. The van der Waals surface area contributed by atoms with Crippen LogP contribution in [0.4, 0.5) is 0 Å². The molecule has 2 atom stereocenters. The van der Waals surface area contributed by atoms with E-state index in [2.05, 4.69) is 45.3 Å². The minimum absolute atomic E-state index is 0.145. The summed E-state index contributed by atoms with van der Waals surface area (Å²) >= 11 is 1.80. The predicted octanol–water partition coefficient (Wildman–Crippen LogP) is 4.17. The van der Waals surface area contributed by atoms with Gasteiger partial charge in [-0.05, 0) is 32.7 Å². The van der Waals surface area contributed by atoms with Gasteiger partial charge in [-0.2, -0.15) is 0 Å². The van der Waals surface area contributed by atoms with Crippen LogP contribution in [0, 0.1) is 0 Å². The van der Waals surface area contributed by atoms with Crippen LogP contribution in [0.15, 0.2) is 5.38 Å². The number of nitrogens with zero attached hydrogens (tertiary/aromatic N) is 1. The van der Waals surface area contributed by atoms with Crippen LogP contribution in [0.25, 0.3) is 0 Å². The summed E-state index contributed by atoms with van der Waals surface area (Å²) in [7, 11) is 1.79. The minimum atomic E-state index is 0.145. The number of hydrogen-bond acceptors (Lipinski definition) is 4. The van der Waals surface area contributed by atoms with Crippen molar-refractivity contribution in [3.05, 3.63) is 16.1 Å². The van der Waals surface area contributed by atoms with Crippen molar-refractivity contribution < 1.29 is 4.74 Å². The zero-order valence-electron chi connectivity index (χ0n) is 14.5. The summed E-state index contributed by atoms with van der Waals surface area (Å²) in [5, 5.41) is 7.12. The van der Waals surface area contributed by atoms with E-state index in [1.807, 2.05) is 0 Å². The quantitative estimate of drug-likeness (QED) is 0.743. The molecule has 0 fully saturated rings. The van der Waals surface area contributed by atoms with Crippen LogP contribution in [0.1, 0.15) is 64.6 Å². The topological polar surface area (TPSA) is 34.1 Å². The summed E-state index contributed by atoms with van der Waals surface area (Å²) in [5.41, 5.74) is 1.35. The van der Waals surface area contributed by atoms with Gasteiger partial charge < -0.3 is 10.1 Å².